The first kappa shape index (κ1) is 26.1. The Labute approximate surface area is 207 Å². The Hall–Kier alpha value is -3.52. The van der Waals surface area contributed by atoms with Gasteiger partial charge in [0.1, 0.15) is 18.0 Å². The molecule has 0 heterocycles. The smallest absolute Gasteiger partial charge is 0.264 e. The van der Waals surface area contributed by atoms with E-state index in [1.54, 1.807) is 55.6 Å². The van der Waals surface area contributed by atoms with Crippen molar-refractivity contribution in [3.63, 3.8) is 0 Å². The number of carbonyl (C=O) groups excluding carboxylic acids is 1. The van der Waals surface area contributed by atoms with Gasteiger partial charge in [-0.3, -0.25) is 9.10 Å². The minimum atomic E-state index is -4.05. The van der Waals surface area contributed by atoms with E-state index < -0.39 is 22.5 Å². The van der Waals surface area contributed by atoms with Gasteiger partial charge in [0.05, 0.1) is 30.3 Å². The molecule has 0 aliphatic heterocycles. The maximum atomic E-state index is 13.7. The Morgan fingerprint density at radius 1 is 0.971 bits per heavy atom. The van der Waals surface area contributed by atoms with Crippen molar-refractivity contribution in [1.29, 1.82) is 0 Å². The fourth-order valence-corrected chi connectivity index (χ4v) is 5.14. The summed E-state index contributed by atoms with van der Waals surface area (Å²) >= 11 is 0. The summed E-state index contributed by atoms with van der Waals surface area (Å²) in [4.78, 5) is 13.3. The van der Waals surface area contributed by atoms with Crippen molar-refractivity contribution < 1.29 is 22.7 Å². The number of benzene rings is 3. The van der Waals surface area contributed by atoms with E-state index in [2.05, 4.69) is 5.32 Å². The second-order valence-corrected chi connectivity index (χ2v) is 9.89. The summed E-state index contributed by atoms with van der Waals surface area (Å²) in [6.07, 6.45) is 0.637. The van der Waals surface area contributed by atoms with E-state index in [0.717, 1.165) is 21.2 Å². The summed E-state index contributed by atoms with van der Waals surface area (Å²) in [6.45, 7) is 5.63. The summed E-state index contributed by atoms with van der Waals surface area (Å²) in [7, 11) is -2.45. The number of carbonyl (C=O) groups is 1. The molecular formula is C27H32N2O5S. The number of hydrogen-bond donors (Lipinski definition) is 1. The van der Waals surface area contributed by atoms with Gasteiger partial charge in [0, 0.05) is 0 Å². The van der Waals surface area contributed by atoms with Crippen molar-refractivity contribution >= 4 is 21.6 Å². The molecular weight excluding hydrogens is 464 g/mol. The summed E-state index contributed by atoms with van der Waals surface area (Å²) in [5.74, 6) is 0.688. The molecule has 3 rings (SSSR count). The van der Waals surface area contributed by atoms with Gasteiger partial charge in [-0.05, 0) is 62.2 Å². The lowest BCUT2D eigenvalue weighted by molar-refractivity contribution is -0.120. The molecule has 7 nitrogen and oxygen atoms in total. The summed E-state index contributed by atoms with van der Waals surface area (Å²) in [6, 6.07) is 20.5. The van der Waals surface area contributed by atoms with Gasteiger partial charge in [-0.15, -0.1) is 0 Å². The zero-order valence-corrected chi connectivity index (χ0v) is 21.3. The van der Waals surface area contributed by atoms with E-state index in [0.29, 0.717) is 24.5 Å². The molecule has 0 fully saturated rings. The maximum absolute atomic E-state index is 13.7. The normalized spacial score (nSPS) is 12.0. The van der Waals surface area contributed by atoms with E-state index >= 15 is 0 Å². The fraction of sp³-hybridized carbons (Fsp3) is 0.296. The number of amides is 1. The molecule has 0 saturated carbocycles. The van der Waals surface area contributed by atoms with E-state index in [4.69, 9.17) is 9.47 Å². The molecule has 3 aromatic carbocycles. The van der Waals surface area contributed by atoms with E-state index in [-0.39, 0.29) is 10.9 Å². The van der Waals surface area contributed by atoms with Gasteiger partial charge in [0.25, 0.3) is 10.0 Å². The number of para-hydroxylation sites is 2. The number of rotatable bonds is 11. The van der Waals surface area contributed by atoms with Gasteiger partial charge in [0.15, 0.2) is 0 Å². The number of anilines is 1. The topological polar surface area (TPSA) is 84.9 Å². The Morgan fingerprint density at radius 3 is 2.23 bits per heavy atom. The lowest BCUT2D eigenvalue weighted by Gasteiger charge is -2.27. The van der Waals surface area contributed by atoms with Gasteiger partial charge in [-0.1, -0.05) is 48.9 Å². The van der Waals surface area contributed by atoms with Crippen LogP contribution in [0.1, 0.15) is 37.4 Å². The van der Waals surface area contributed by atoms with Crippen LogP contribution >= 0.6 is 0 Å². The van der Waals surface area contributed by atoms with Crippen LogP contribution in [0, 0.1) is 6.92 Å². The summed E-state index contributed by atoms with van der Waals surface area (Å²) < 4.78 is 39.4. The molecule has 1 N–H and O–H groups in total. The standard InChI is InChI=1S/C27H32N2O5S/c1-5-24(21-13-15-22(33-4)16-14-21)28-27(30)19-29(25-9-7-8-10-26(25)34-6-2)35(31,32)23-17-11-20(3)12-18-23/h7-18,24H,5-6,19H2,1-4H3,(H,28,30). The second-order valence-electron chi connectivity index (χ2n) is 8.03. The molecule has 0 aliphatic rings. The monoisotopic (exact) mass is 496 g/mol. The van der Waals surface area contributed by atoms with Crippen LogP contribution in [0.5, 0.6) is 11.5 Å². The highest BCUT2D eigenvalue weighted by molar-refractivity contribution is 7.92. The first-order valence-electron chi connectivity index (χ1n) is 11.5. The molecule has 0 saturated heterocycles. The molecule has 0 spiro atoms. The van der Waals surface area contributed by atoms with Crippen LogP contribution in [-0.2, 0) is 14.8 Å². The Bertz CT molecular complexity index is 1230. The fourth-order valence-electron chi connectivity index (χ4n) is 3.71. The minimum Gasteiger partial charge on any atom is -0.497 e. The van der Waals surface area contributed by atoms with Crippen molar-refractivity contribution in [2.45, 2.75) is 38.1 Å². The largest absolute Gasteiger partial charge is 0.497 e. The number of aryl methyl sites for hydroxylation is 1. The van der Waals surface area contributed by atoms with Crippen LogP contribution in [-0.4, -0.2) is 34.6 Å². The van der Waals surface area contributed by atoms with Crippen molar-refractivity contribution in [3.8, 4) is 11.5 Å². The van der Waals surface area contributed by atoms with Gasteiger partial charge >= 0.3 is 0 Å². The number of ether oxygens (including phenoxy) is 2. The zero-order chi connectivity index (χ0) is 25.4. The van der Waals surface area contributed by atoms with Crippen molar-refractivity contribution in [3.05, 3.63) is 83.9 Å². The van der Waals surface area contributed by atoms with Crippen LogP contribution in [0.2, 0.25) is 0 Å². The number of hydrogen-bond acceptors (Lipinski definition) is 5. The molecule has 0 radical (unpaired) electrons. The molecule has 3 aromatic rings. The third kappa shape index (κ3) is 6.33. The third-order valence-electron chi connectivity index (χ3n) is 5.59. The molecule has 35 heavy (non-hydrogen) atoms. The number of methoxy groups -OCH3 is 1. The average molecular weight is 497 g/mol. The lowest BCUT2D eigenvalue weighted by atomic mass is 10.0. The van der Waals surface area contributed by atoms with E-state index in [9.17, 15) is 13.2 Å². The van der Waals surface area contributed by atoms with Gasteiger partial charge in [-0.25, -0.2) is 8.42 Å². The Kier molecular flexibility index (Phi) is 8.76. The van der Waals surface area contributed by atoms with Crippen LogP contribution in [0.15, 0.2) is 77.7 Å². The van der Waals surface area contributed by atoms with Gasteiger partial charge < -0.3 is 14.8 Å². The van der Waals surface area contributed by atoms with Gasteiger partial charge in [0.2, 0.25) is 5.91 Å². The Balaban J connectivity index is 1.94. The van der Waals surface area contributed by atoms with E-state index in [1.807, 2.05) is 45.0 Å². The summed E-state index contributed by atoms with van der Waals surface area (Å²) in [5.41, 5.74) is 2.15. The van der Waals surface area contributed by atoms with Crippen LogP contribution in [0.4, 0.5) is 5.69 Å². The van der Waals surface area contributed by atoms with Crippen molar-refractivity contribution in [2.75, 3.05) is 24.6 Å². The minimum absolute atomic E-state index is 0.101. The zero-order valence-electron chi connectivity index (χ0n) is 20.5. The highest BCUT2D eigenvalue weighted by Gasteiger charge is 2.30. The number of nitrogens with zero attached hydrogens (tertiary/aromatic N) is 1. The lowest BCUT2D eigenvalue weighted by Crippen LogP contribution is -2.42. The first-order chi connectivity index (χ1) is 16.8. The maximum Gasteiger partial charge on any atom is 0.264 e. The molecule has 8 heteroatoms. The molecule has 0 bridgehead atoms. The molecule has 0 aromatic heterocycles. The molecule has 1 unspecified atom stereocenters. The first-order valence-corrected chi connectivity index (χ1v) is 13.0. The Morgan fingerprint density at radius 2 is 1.63 bits per heavy atom. The SMILES string of the molecule is CCOc1ccccc1N(CC(=O)NC(CC)c1ccc(OC)cc1)S(=O)(=O)c1ccc(C)cc1. The number of sulfonamides is 1. The third-order valence-corrected chi connectivity index (χ3v) is 7.37. The van der Waals surface area contributed by atoms with Crippen LogP contribution in [0.3, 0.4) is 0 Å². The number of nitrogens with one attached hydrogen (secondary N) is 1. The van der Waals surface area contributed by atoms with E-state index in [1.165, 1.54) is 0 Å². The average Bonchev–Trinajstić information content (AvgIpc) is 2.87. The molecule has 0 aliphatic carbocycles. The predicted molar refractivity (Wildman–Crippen MR) is 137 cm³/mol. The quantitative estimate of drug-likeness (QED) is 0.410. The molecule has 186 valence electrons. The van der Waals surface area contributed by atoms with Crippen LogP contribution < -0.4 is 19.1 Å². The van der Waals surface area contributed by atoms with Crippen molar-refractivity contribution in [1.82, 2.24) is 5.32 Å². The second kappa shape index (κ2) is 11.8. The highest BCUT2D eigenvalue weighted by atomic mass is 32.2. The van der Waals surface area contributed by atoms with Crippen LogP contribution in [0.25, 0.3) is 0 Å². The predicted octanol–water partition coefficient (Wildman–Crippen LogP) is 4.87. The summed E-state index contributed by atoms with van der Waals surface area (Å²) in [5, 5.41) is 2.98. The highest BCUT2D eigenvalue weighted by Crippen LogP contribution is 2.32. The van der Waals surface area contributed by atoms with Crippen molar-refractivity contribution in [2.24, 2.45) is 0 Å². The van der Waals surface area contributed by atoms with Gasteiger partial charge in [-0.2, -0.15) is 0 Å². The molecule has 1 amide bonds. The molecule has 1 atom stereocenters.